The topological polar surface area (TPSA) is 44.1 Å². The lowest BCUT2D eigenvalue weighted by Crippen LogP contribution is -2.22. The van der Waals surface area contributed by atoms with Crippen LogP contribution in [0.15, 0.2) is 28.9 Å². The molecule has 0 spiro atoms. The summed E-state index contributed by atoms with van der Waals surface area (Å²) in [5, 5.41) is 5.61. The molecule has 0 N–H and O–H groups in total. The van der Waals surface area contributed by atoms with Gasteiger partial charge in [-0.2, -0.15) is 5.10 Å². The summed E-state index contributed by atoms with van der Waals surface area (Å²) in [6, 6.07) is 7.58. The van der Waals surface area contributed by atoms with E-state index in [9.17, 15) is 4.79 Å². The number of carbonyl (C=O) groups is 1. The molecule has 2 aromatic rings. The number of ketones is 1. The summed E-state index contributed by atoms with van der Waals surface area (Å²) in [6.07, 6.45) is 5.19. The zero-order chi connectivity index (χ0) is 19.2. The fourth-order valence-electron chi connectivity index (χ4n) is 4.31. The molecule has 0 bridgehead atoms. The molecule has 144 valence electrons. The van der Waals surface area contributed by atoms with Crippen molar-refractivity contribution in [3.8, 4) is 0 Å². The second-order valence-corrected chi connectivity index (χ2v) is 15.4. The molecule has 1 heterocycles. The predicted octanol–water partition coefficient (Wildman–Crippen LogP) is 5.45. The highest BCUT2D eigenvalue weighted by molar-refractivity contribution is 9.12. The van der Waals surface area contributed by atoms with Crippen LogP contribution in [-0.2, 0) is 16.3 Å². The van der Waals surface area contributed by atoms with Crippen LogP contribution >= 0.6 is 15.9 Å². The molecule has 6 heteroatoms. The van der Waals surface area contributed by atoms with Gasteiger partial charge in [-0.05, 0) is 64.0 Å². The summed E-state index contributed by atoms with van der Waals surface area (Å²) in [6.45, 7) is 8.35. The van der Waals surface area contributed by atoms with Gasteiger partial charge in [-0.1, -0.05) is 32.1 Å². The van der Waals surface area contributed by atoms with E-state index in [2.05, 4.69) is 58.9 Å². The average molecular weight is 447 g/mol. The van der Waals surface area contributed by atoms with Crippen LogP contribution < -0.4 is 0 Å². The smallest absolute Gasteiger partial charge is 0.173 e. The molecule has 1 aromatic heterocycles. The van der Waals surface area contributed by atoms with Crippen molar-refractivity contribution in [2.75, 3.05) is 6.61 Å². The molecule has 1 fully saturated rings. The Labute approximate surface area is 170 Å². The molecule has 1 aromatic carbocycles. The Hall–Kier alpha value is -1.24. The fraction of sp³-hybridized carbons (Fsp3) is 0.524. The van der Waals surface area contributed by atoms with Crippen LogP contribution in [0.1, 0.15) is 24.8 Å². The molecule has 4 nitrogen and oxygen atoms in total. The van der Waals surface area contributed by atoms with Crippen LogP contribution in [-0.4, -0.2) is 30.2 Å². The Balaban J connectivity index is 1.53. The molecule has 4 rings (SSSR count). The largest absolute Gasteiger partial charge is 0.360 e. The van der Waals surface area contributed by atoms with E-state index in [4.69, 9.17) is 4.74 Å². The van der Waals surface area contributed by atoms with E-state index in [-0.39, 0.29) is 5.92 Å². The fourth-order valence-corrected chi connectivity index (χ4v) is 5.88. The number of rotatable bonds is 6. The second-order valence-electron chi connectivity index (χ2n) is 9.00. The Morgan fingerprint density at radius 1 is 1.26 bits per heavy atom. The van der Waals surface area contributed by atoms with Gasteiger partial charge in [0.1, 0.15) is 6.73 Å². The van der Waals surface area contributed by atoms with Gasteiger partial charge in [-0.3, -0.25) is 4.79 Å². The highest BCUT2D eigenvalue weighted by atomic mass is 79.9. The first-order chi connectivity index (χ1) is 12.8. The van der Waals surface area contributed by atoms with Gasteiger partial charge in [0.15, 0.2) is 5.78 Å². The Morgan fingerprint density at radius 3 is 2.81 bits per heavy atom. The third-order valence-corrected chi connectivity index (χ3v) is 8.36. The summed E-state index contributed by atoms with van der Waals surface area (Å²) in [7, 11) is -1.07. The van der Waals surface area contributed by atoms with E-state index in [0.717, 1.165) is 52.9 Å². The first kappa shape index (κ1) is 19.1. The van der Waals surface area contributed by atoms with Crippen molar-refractivity contribution in [2.24, 2.45) is 11.8 Å². The van der Waals surface area contributed by atoms with E-state index < -0.39 is 8.07 Å². The Kier molecular flexibility index (Phi) is 5.16. The molecule has 2 unspecified atom stereocenters. The Morgan fingerprint density at radius 2 is 2.04 bits per heavy atom. The highest BCUT2D eigenvalue weighted by Gasteiger charge is 2.43. The number of hydrogen-bond donors (Lipinski definition) is 0. The SMILES string of the molecule is C[Si](C)(C)CCOCn1ncc2cc(C3=C(Br)C(=O)C4CCCC34)ccc21. The maximum absolute atomic E-state index is 12.5. The number of Topliss-reactive ketones (excluding diaryl/α,β-unsaturated/α-hetero) is 1. The van der Waals surface area contributed by atoms with E-state index in [1.54, 1.807) is 0 Å². The average Bonchev–Trinajstić information content (AvgIpc) is 3.29. The standard InChI is InChI=1S/C21H27BrN2O2Si/c1-27(2,3)10-9-26-13-24-18-8-7-14(11-15(18)12-23-24)19-16-5-4-6-17(16)21(25)20(19)22/h7-8,11-12,16-17H,4-6,9-10,13H2,1-3H3. The van der Waals surface area contributed by atoms with Crippen molar-refractivity contribution >= 4 is 46.3 Å². The van der Waals surface area contributed by atoms with Crippen molar-refractivity contribution in [3.05, 3.63) is 34.4 Å². The monoisotopic (exact) mass is 446 g/mol. The molecule has 27 heavy (non-hydrogen) atoms. The van der Waals surface area contributed by atoms with Gasteiger partial charge in [0.05, 0.1) is 16.2 Å². The predicted molar refractivity (Wildman–Crippen MR) is 116 cm³/mol. The Bertz CT molecular complexity index is 913. The molecule has 1 saturated carbocycles. The molecular formula is C21H27BrN2O2Si. The summed E-state index contributed by atoms with van der Waals surface area (Å²) in [5.74, 6) is 0.857. The minimum atomic E-state index is -1.07. The molecular weight excluding hydrogens is 420 g/mol. The number of carbonyl (C=O) groups excluding carboxylic acids is 1. The van der Waals surface area contributed by atoms with Crippen molar-refractivity contribution in [1.29, 1.82) is 0 Å². The van der Waals surface area contributed by atoms with Crippen molar-refractivity contribution < 1.29 is 9.53 Å². The molecule has 0 aliphatic heterocycles. The van der Waals surface area contributed by atoms with Crippen LogP contribution in [0.25, 0.3) is 16.5 Å². The van der Waals surface area contributed by atoms with E-state index in [1.165, 1.54) is 5.57 Å². The number of benzene rings is 1. The van der Waals surface area contributed by atoms with Gasteiger partial charge in [0, 0.05) is 26.0 Å². The van der Waals surface area contributed by atoms with E-state index in [0.29, 0.717) is 18.4 Å². The second kappa shape index (κ2) is 7.30. The lowest BCUT2D eigenvalue weighted by Gasteiger charge is -2.15. The van der Waals surface area contributed by atoms with Gasteiger partial charge in [0.2, 0.25) is 0 Å². The van der Waals surface area contributed by atoms with Crippen LogP contribution in [0.5, 0.6) is 0 Å². The molecule has 2 aliphatic rings. The molecule has 0 amide bonds. The van der Waals surface area contributed by atoms with Crippen molar-refractivity contribution in [3.63, 3.8) is 0 Å². The maximum Gasteiger partial charge on any atom is 0.173 e. The number of halogens is 1. The number of hydrogen-bond acceptors (Lipinski definition) is 3. The summed E-state index contributed by atoms with van der Waals surface area (Å²) in [5.41, 5.74) is 3.43. The van der Waals surface area contributed by atoms with Crippen LogP contribution in [0, 0.1) is 11.8 Å². The summed E-state index contributed by atoms with van der Waals surface area (Å²) < 4.78 is 8.57. The van der Waals surface area contributed by atoms with Crippen LogP contribution in [0.4, 0.5) is 0 Å². The molecule has 2 atom stereocenters. The number of allylic oxidation sites excluding steroid dienone is 2. The zero-order valence-electron chi connectivity index (χ0n) is 16.3. The highest BCUT2D eigenvalue weighted by Crippen LogP contribution is 2.51. The maximum atomic E-state index is 12.5. The zero-order valence-corrected chi connectivity index (χ0v) is 18.9. The first-order valence-corrected chi connectivity index (χ1v) is 14.3. The number of fused-ring (bicyclic) bond motifs is 2. The lowest BCUT2D eigenvalue weighted by molar-refractivity contribution is -0.118. The number of nitrogens with zero attached hydrogens (tertiary/aromatic N) is 2. The number of ether oxygens (including phenoxy) is 1. The van der Waals surface area contributed by atoms with Gasteiger partial charge in [-0.15, -0.1) is 0 Å². The minimum Gasteiger partial charge on any atom is -0.360 e. The summed E-state index contributed by atoms with van der Waals surface area (Å²) in [4.78, 5) is 12.5. The molecule has 2 aliphatic carbocycles. The minimum absolute atomic E-state index is 0.188. The van der Waals surface area contributed by atoms with Gasteiger partial charge in [-0.25, -0.2) is 4.68 Å². The number of aromatic nitrogens is 2. The van der Waals surface area contributed by atoms with Crippen molar-refractivity contribution in [1.82, 2.24) is 9.78 Å². The van der Waals surface area contributed by atoms with E-state index >= 15 is 0 Å². The third kappa shape index (κ3) is 3.71. The lowest BCUT2D eigenvalue weighted by atomic mass is 9.90. The van der Waals surface area contributed by atoms with Crippen LogP contribution in [0.2, 0.25) is 25.7 Å². The third-order valence-electron chi connectivity index (χ3n) is 5.84. The van der Waals surface area contributed by atoms with E-state index in [1.807, 2.05) is 10.9 Å². The van der Waals surface area contributed by atoms with Gasteiger partial charge >= 0.3 is 0 Å². The quantitative estimate of drug-likeness (QED) is 0.437. The van der Waals surface area contributed by atoms with Crippen molar-refractivity contribution in [2.45, 2.75) is 51.7 Å². The van der Waals surface area contributed by atoms with Gasteiger partial charge < -0.3 is 4.74 Å². The first-order valence-electron chi connectivity index (χ1n) is 9.83. The van der Waals surface area contributed by atoms with Gasteiger partial charge in [0.25, 0.3) is 0 Å². The summed E-state index contributed by atoms with van der Waals surface area (Å²) >= 11 is 3.58. The normalized spacial score (nSPS) is 22.9. The molecule has 0 radical (unpaired) electrons. The van der Waals surface area contributed by atoms with Crippen LogP contribution in [0.3, 0.4) is 0 Å². The molecule has 0 saturated heterocycles.